The molecule has 2 aromatic rings. The lowest BCUT2D eigenvalue weighted by Gasteiger charge is -2.22. The van der Waals surface area contributed by atoms with Gasteiger partial charge in [0.05, 0.1) is 14.2 Å². The van der Waals surface area contributed by atoms with Crippen LogP contribution in [-0.4, -0.2) is 44.7 Å². The minimum absolute atomic E-state index is 0. The van der Waals surface area contributed by atoms with E-state index in [0.717, 1.165) is 23.5 Å². The summed E-state index contributed by atoms with van der Waals surface area (Å²) in [7, 11) is 3.26. The molecule has 5 nitrogen and oxygen atoms in total. The summed E-state index contributed by atoms with van der Waals surface area (Å²) >= 11 is 0. The van der Waals surface area contributed by atoms with Gasteiger partial charge in [-0.15, -0.1) is 12.4 Å². The zero-order chi connectivity index (χ0) is 18.8. The molecule has 0 unspecified atom stereocenters. The maximum atomic E-state index is 12.7. The number of nitrogens with two attached hydrogens (primary N) is 1. The fourth-order valence-corrected chi connectivity index (χ4v) is 2.90. The van der Waals surface area contributed by atoms with Crippen molar-refractivity contribution in [3.8, 4) is 11.5 Å². The second kappa shape index (κ2) is 12.2. The van der Waals surface area contributed by atoms with E-state index in [2.05, 4.69) is 12.1 Å². The molecule has 0 fully saturated rings. The van der Waals surface area contributed by atoms with Crippen LogP contribution in [0.4, 0.5) is 0 Å². The minimum Gasteiger partial charge on any atom is -0.497 e. The van der Waals surface area contributed by atoms with Crippen molar-refractivity contribution in [2.24, 2.45) is 5.73 Å². The summed E-state index contributed by atoms with van der Waals surface area (Å²) in [5.41, 5.74) is 7.88. The van der Waals surface area contributed by atoms with Gasteiger partial charge in [0, 0.05) is 26.1 Å². The molecule has 0 atom stereocenters. The van der Waals surface area contributed by atoms with E-state index in [0.29, 0.717) is 32.5 Å². The molecule has 2 N–H and O–H groups in total. The van der Waals surface area contributed by atoms with Crippen LogP contribution in [0.5, 0.6) is 11.5 Å². The van der Waals surface area contributed by atoms with Crippen molar-refractivity contribution in [3.05, 3.63) is 59.7 Å². The van der Waals surface area contributed by atoms with Crippen LogP contribution in [0, 0.1) is 0 Å². The maximum Gasteiger partial charge on any atom is 0.222 e. The highest BCUT2D eigenvalue weighted by atomic mass is 35.5. The van der Waals surface area contributed by atoms with Crippen molar-refractivity contribution in [1.82, 2.24) is 4.90 Å². The third-order valence-corrected chi connectivity index (χ3v) is 4.36. The summed E-state index contributed by atoms with van der Waals surface area (Å²) in [5.74, 6) is 1.64. The van der Waals surface area contributed by atoms with Gasteiger partial charge in [-0.05, 0) is 42.2 Å². The molecule has 1 amide bonds. The molecule has 6 heteroatoms. The van der Waals surface area contributed by atoms with Gasteiger partial charge in [0.2, 0.25) is 5.91 Å². The first-order valence-electron chi connectivity index (χ1n) is 8.90. The number of aryl methyl sites for hydroxylation is 1. The Labute approximate surface area is 167 Å². The Morgan fingerprint density at radius 1 is 1.00 bits per heavy atom. The van der Waals surface area contributed by atoms with Crippen LogP contribution in [0.1, 0.15) is 17.5 Å². The van der Waals surface area contributed by atoms with Gasteiger partial charge in [-0.1, -0.05) is 30.3 Å². The van der Waals surface area contributed by atoms with Crippen LogP contribution >= 0.6 is 12.4 Å². The smallest absolute Gasteiger partial charge is 0.222 e. The van der Waals surface area contributed by atoms with Crippen molar-refractivity contribution >= 4 is 18.3 Å². The van der Waals surface area contributed by atoms with Crippen molar-refractivity contribution in [3.63, 3.8) is 0 Å². The maximum absolute atomic E-state index is 12.7. The first-order valence-corrected chi connectivity index (χ1v) is 8.90. The fraction of sp³-hybridized carbons (Fsp3) is 0.381. The number of carbonyl (C=O) groups excluding carboxylic acids is 1. The molecule has 0 aliphatic heterocycles. The Kier molecular flexibility index (Phi) is 10.3. The quantitative estimate of drug-likeness (QED) is 0.674. The van der Waals surface area contributed by atoms with Gasteiger partial charge in [0.25, 0.3) is 0 Å². The molecule has 0 aromatic heterocycles. The molecular weight excluding hydrogens is 364 g/mol. The van der Waals surface area contributed by atoms with E-state index >= 15 is 0 Å². The van der Waals surface area contributed by atoms with Crippen molar-refractivity contribution in [1.29, 1.82) is 0 Å². The molecule has 0 aliphatic carbocycles. The number of ether oxygens (including phenoxy) is 2. The number of rotatable bonds is 10. The number of hydrogen-bond donors (Lipinski definition) is 1. The molecule has 0 radical (unpaired) electrons. The van der Waals surface area contributed by atoms with E-state index in [1.54, 1.807) is 14.2 Å². The molecule has 148 valence electrons. The number of nitrogens with zero attached hydrogens (tertiary/aromatic N) is 1. The molecule has 0 aliphatic rings. The zero-order valence-corrected chi connectivity index (χ0v) is 16.8. The summed E-state index contributed by atoms with van der Waals surface area (Å²) in [6.07, 6.45) is 1.85. The van der Waals surface area contributed by atoms with Gasteiger partial charge < -0.3 is 20.1 Å². The van der Waals surface area contributed by atoms with Gasteiger partial charge >= 0.3 is 0 Å². The SMILES string of the molecule is COc1ccc(OC)c(CCC(=O)N(CCN)CCc2ccccc2)c1.Cl. The molecule has 27 heavy (non-hydrogen) atoms. The minimum atomic E-state index is 0. The highest BCUT2D eigenvalue weighted by molar-refractivity contribution is 5.85. The lowest BCUT2D eigenvalue weighted by molar-refractivity contribution is -0.131. The monoisotopic (exact) mass is 392 g/mol. The summed E-state index contributed by atoms with van der Waals surface area (Å²) in [6, 6.07) is 15.8. The fourth-order valence-electron chi connectivity index (χ4n) is 2.90. The predicted octanol–water partition coefficient (Wildman–Crippen LogP) is 3.09. The van der Waals surface area contributed by atoms with E-state index in [4.69, 9.17) is 15.2 Å². The lowest BCUT2D eigenvalue weighted by Crippen LogP contribution is -2.37. The first kappa shape index (κ1) is 22.8. The van der Waals surface area contributed by atoms with Gasteiger partial charge in [0.1, 0.15) is 11.5 Å². The van der Waals surface area contributed by atoms with E-state index in [-0.39, 0.29) is 18.3 Å². The van der Waals surface area contributed by atoms with Crippen LogP contribution in [0.3, 0.4) is 0 Å². The molecule has 0 spiro atoms. The van der Waals surface area contributed by atoms with Gasteiger partial charge in [-0.25, -0.2) is 0 Å². The molecule has 2 rings (SSSR count). The summed E-state index contributed by atoms with van der Waals surface area (Å²) < 4.78 is 10.7. The highest BCUT2D eigenvalue weighted by Gasteiger charge is 2.14. The third-order valence-electron chi connectivity index (χ3n) is 4.36. The molecule has 0 saturated heterocycles. The standard InChI is InChI=1S/C21H28N2O3.ClH/c1-25-19-9-10-20(26-2)18(16-19)8-11-21(24)23(15-13-22)14-12-17-6-4-3-5-7-17;/h3-7,9-10,16H,8,11-15,22H2,1-2H3;1H. The second-order valence-electron chi connectivity index (χ2n) is 6.08. The van der Waals surface area contributed by atoms with Gasteiger partial charge in [-0.2, -0.15) is 0 Å². The number of halogens is 1. The van der Waals surface area contributed by atoms with Crippen LogP contribution in [0.15, 0.2) is 48.5 Å². The lowest BCUT2D eigenvalue weighted by atomic mass is 10.1. The predicted molar refractivity (Wildman–Crippen MR) is 111 cm³/mol. The Hall–Kier alpha value is -2.24. The van der Waals surface area contributed by atoms with Crippen molar-refractivity contribution < 1.29 is 14.3 Å². The average Bonchev–Trinajstić information content (AvgIpc) is 2.69. The van der Waals surface area contributed by atoms with Crippen LogP contribution in [-0.2, 0) is 17.6 Å². The van der Waals surface area contributed by atoms with E-state index in [9.17, 15) is 4.79 Å². The second-order valence-corrected chi connectivity index (χ2v) is 6.08. The molecule has 0 bridgehead atoms. The summed E-state index contributed by atoms with van der Waals surface area (Å²) in [5, 5.41) is 0. The average molecular weight is 393 g/mol. The normalized spacial score (nSPS) is 10.0. The van der Waals surface area contributed by atoms with Gasteiger partial charge in [0.15, 0.2) is 0 Å². The van der Waals surface area contributed by atoms with E-state index in [1.165, 1.54) is 5.56 Å². The molecular formula is C21H29ClN2O3. The zero-order valence-electron chi connectivity index (χ0n) is 16.0. The van der Waals surface area contributed by atoms with Crippen molar-refractivity contribution in [2.45, 2.75) is 19.3 Å². The van der Waals surface area contributed by atoms with Crippen molar-refractivity contribution in [2.75, 3.05) is 33.9 Å². The number of carbonyl (C=O) groups is 1. The number of amides is 1. The molecule has 2 aromatic carbocycles. The number of hydrogen-bond acceptors (Lipinski definition) is 4. The molecule has 0 saturated carbocycles. The Balaban J connectivity index is 0.00000364. The van der Waals surface area contributed by atoms with E-state index < -0.39 is 0 Å². The molecule has 0 heterocycles. The summed E-state index contributed by atoms with van der Waals surface area (Å²) in [4.78, 5) is 14.5. The van der Waals surface area contributed by atoms with Crippen LogP contribution in [0.2, 0.25) is 0 Å². The van der Waals surface area contributed by atoms with Crippen LogP contribution in [0.25, 0.3) is 0 Å². The summed E-state index contributed by atoms with van der Waals surface area (Å²) in [6.45, 7) is 1.71. The Bertz CT molecular complexity index is 695. The highest BCUT2D eigenvalue weighted by Crippen LogP contribution is 2.25. The van der Waals surface area contributed by atoms with Crippen LogP contribution < -0.4 is 15.2 Å². The number of benzene rings is 2. The van der Waals surface area contributed by atoms with Gasteiger partial charge in [-0.3, -0.25) is 4.79 Å². The number of methoxy groups -OCH3 is 2. The third kappa shape index (κ3) is 7.12. The topological polar surface area (TPSA) is 64.8 Å². The first-order chi connectivity index (χ1) is 12.7. The largest absolute Gasteiger partial charge is 0.497 e. The Morgan fingerprint density at radius 2 is 1.74 bits per heavy atom. The van der Waals surface area contributed by atoms with E-state index in [1.807, 2.05) is 41.3 Å². The Morgan fingerprint density at radius 3 is 2.37 bits per heavy atom.